The van der Waals surface area contributed by atoms with Crippen molar-refractivity contribution in [3.8, 4) is 5.75 Å². The summed E-state index contributed by atoms with van der Waals surface area (Å²) in [6, 6.07) is 11.6. The quantitative estimate of drug-likeness (QED) is 0.290. The molecular formula is C27H37N3O4SSi. The van der Waals surface area contributed by atoms with Crippen LogP contribution in [0.4, 0.5) is 9.80 Å². The first kappa shape index (κ1) is 27.7. The molecule has 3 aromatic rings. The minimum Gasteiger partial charge on any atom is -0.544 e. The summed E-state index contributed by atoms with van der Waals surface area (Å²) < 4.78 is 12.7. The molecule has 1 atom stereocenters. The van der Waals surface area contributed by atoms with E-state index >= 15 is 0 Å². The SMILES string of the molecule is CC(C)(CCC(C(=O)Nc1cc2ccncc2s1)c1ccc(O[Si](C)(C)C(C)(C)C)cc1)OC(N)=O. The average Bonchev–Trinajstić information content (AvgIpc) is 3.15. The van der Waals surface area contributed by atoms with E-state index in [9.17, 15) is 9.59 Å². The Balaban J connectivity index is 1.83. The molecule has 0 aliphatic carbocycles. The van der Waals surface area contributed by atoms with Gasteiger partial charge in [-0.05, 0) is 80.0 Å². The lowest BCUT2D eigenvalue weighted by Gasteiger charge is -2.36. The van der Waals surface area contributed by atoms with Crippen molar-refractivity contribution in [3.63, 3.8) is 0 Å². The number of anilines is 1. The number of amides is 2. The number of hydrogen-bond acceptors (Lipinski definition) is 6. The number of carbonyl (C=O) groups is 2. The summed E-state index contributed by atoms with van der Waals surface area (Å²) in [7, 11) is -1.98. The molecule has 2 amide bonds. The lowest BCUT2D eigenvalue weighted by atomic mass is 9.89. The van der Waals surface area contributed by atoms with Gasteiger partial charge in [-0.2, -0.15) is 0 Å². The predicted octanol–water partition coefficient (Wildman–Crippen LogP) is 7.06. The normalized spacial score (nSPS) is 13.3. The molecule has 0 spiro atoms. The van der Waals surface area contributed by atoms with Crippen LogP contribution in [-0.2, 0) is 9.53 Å². The fourth-order valence-electron chi connectivity index (χ4n) is 3.63. The zero-order chi connectivity index (χ0) is 26.7. The largest absolute Gasteiger partial charge is 0.544 e. The van der Waals surface area contributed by atoms with Gasteiger partial charge in [0.15, 0.2) is 0 Å². The number of primary amides is 1. The van der Waals surface area contributed by atoms with Crippen molar-refractivity contribution in [3.05, 3.63) is 54.4 Å². The van der Waals surface area contributed by atoms with Crippen LogP contribution in [0.1, 0.15) is 58.9 Å². The molecule has 194 valence electrons. The molecule has 3 rings (SSSR count). The Bertz CT molecular complexity index is 1180. The van der Waals surface area contributed by atoms with Crippen LogP contribution in [0.2, 0.25) is 18.1 Å². The number of nitrogens with one attached hydrogen (secondary N) is 1. The van der Waals surface area contributed by atoms with E-state index in [1.54, 1.807) is 26.2 Å². The van der Waals surface area contributed by atoms with Crippen LogP contribution in [0.15, 0.2) is 48.8 Å². The maximum Gasteiger partial charge on any atom is 0.405 e. The molecule has 7 nitrogen and oxygen atoms in total. The van der Waals surface area contributed by atoms with Gasteiger partial charge in [-0.15, -0.1) is 11.3 Å². The van der Waals surface area contributed by atoms with Crippen LogP contribution < -0.4 is 15.5 Å². The van der Waals surface area contributed by atoms with E-state index in [-0.39, 0.29) is 10.9 Å². The van der Waals surface area contributed by atoms with Gasteiger partial charge in [-0.25, -0.2) is 4.79 Å². The number of rotatable bonds is 9. The minimum absolute atomic E-state index is 0.0832. The average molecular weight is 528 g/mol. The molecular weight excluding hydrogens is 490 g/mol. The fraction of sp³-hybridized carbons (Fsp3) is 0.444. The van der Waals surface area contributed by atoms with Crippen molar-refractivity contribution >= 4 is 46.7 Å². The van der Waals surface area contributed by atoms with Crippen molar-refractivity contribution < 1.29 is 18.8 Å². The summed E-state index contributed by atoms with van der Waals surface area (Å²) in [5.41, 5.74) is 5.31. The number of nitrogens with two attached hydrogens (primary N) is 1. The van der Waals surface area contributed by atoms with Gasteiger partial charge in [0.25, 0.3) is 0 Å². The third kappa shape index (κ3) is 7.07. The summed E-state index contributed by atoms with van der Waals surface area (Å²) in [5.74, 6) is 0.229. The summed E-state index contributed by atoms with van der Waals surface area (Å²) in [6.45, 7) is 14.6. The first-order valence-corrected chi connectivity index (χ1v) is 15.8. The maximum atomic E-state index is 13.5. The van der Waals surface area contributed by atoms with Gasteiger partial charge >= 0.3 is 6.09 Å². The van der Waals surface area contributed by atoms with Crippen molar-refractivity contribution in [1.82, 2.24) is 4.98 Å². The first-order valence-electron chi connectivity index (χ1n) is 12.1. The molecule has 0 bridgehead atoms. The lowest BCUT2D eigenvalue weighted by molar-refractivity contribution is -0.117. The van der Waals surface area contributed by atoms with Crippen molar-refractivity contribution in [2.45, 2.75) is 77.1 Å². The topological polar surface area (TPSA) is 104 Å². The standard InChI is InChI=1S/C27H37N3O4SSi/c1-26(2,3)36(6,7)34-20-10-8-18(9-11-20)21(12-14-27(4,5)33-25(28)32)24(31)30-23-16-19-13-15-29-17-22(19)35-23/h8-11,13,15-17,21H,12,14H2,1-7H3,(H2,28,32)(H,30,31). The molecule has 1 aromatic carbocycles. The van der Waals surface area contributed by atoms with Gasteiger partial charge in [0, 0.05) is 12.4 Å². The molecule has 1 unspecified atom stereocenters. The summed E-state index contributed by atoms with van der Waals surface area (Å²) in [5, 5.41) is 4.95. The fourth-order valence-corrected chi connectivity index (χ4v) is 5.60. The number of aromatic nitrogens is 1. The van der Waals surface area contributed by atoms with Gasteiger partial charge in [0.1, 0.15) is 11.4 Å². The minimum atomic E-state index is -1.98. The number of pyridine rings is 1. The Morgan fingerprint density at radius 1 is 1.11 bits per heavy atom. The van der Waals surface area contributed by atoms with Gasteiger partial charge in [-0.1, -0.05) is 32.9 Å². The molecule has 2 heterocycles. The Morgan fingerprint density at radius 2 is 1.78 bits per heavy atom. The van der Waals surface area contributed by atoms with Crippen LogP contribution in [0.3, 0.4) is 0 Å². The highest BCUT2D eigenvalue weighted by Gasteiger charge is 2.39. The highest BCUT2D eigenvalue weighted by atomic mass is 32.1. The second-order valence-electron chi connectivity index (χ2n) is 11.2. The maximum absolute atomic E-state index is 13.5. The molecule has 36 heavy (non-hydrogen) atoms. The van der Waals surface area contributed by atoms with E-state index in [2.05, 4.69) is 44.2 Å². The number of thiophene rings is 1. The number of hydrogen-bond donors (Lipinski definition) is 2. The van der Waals surface area contributed by atoms with Crippen molar-refractivity contribution in [2.24, 2.45) is 5.73 Å². The van der Waals surface area contributed by atoms with E-state index in [0.29, 0.717) is 12.8 Å². The zero-order valence-electron chi connectivity index (χ0n) is 22.2. The predicted molar refractivity (Wildman–Crippen MR) is 149 cm³/mol. The Morgan fingerprint density at radius 3 is 2.36 bits per heavy atom. The third-order valence-corrected chi connectivity index (χ3v) is 12.1. The lowest BCUT2D eigenvalue weighted by Crippen LogP contribution is -2.43. The smallest absolute Gasteiger partial charge is 0.405 e. The monoisotopic (exact) mass is 527 g/mol. The molecule has 0 fully saturated rings. The van der Waals surface area contributed by atoms with E-state index in [4.69, 9.17) is 14.9 Å². The number of ether oxygens (including phenoxy) is 1. The van der Waals surface area contributed by atoms with Crippen molar-refractivity contribution in [2.75, 3.05) is 5.32 Å². The van der Waals surface area contributed by atoms with Crippen LogP contribution in [-0.4, -0.2) is 30.9 Å². The number of carbonyl (C=O) groups excluding carboxylic acids is 2. The molecule has 0 radical (unpaired) electrons. The Kier molecular flexibility index (Phi) is 8.15. The zero-order valence-corrected chi connectivity index (χ0v) is 24.0. The molecule has 3 N–H and O–H groups in total. The van der Waals surface area contributed by atoms with E-state index in [1.165, 1.54) is 11.3 Å². The number of benzene rings is 1. The van der Waals surface area contributed by atoms with Gasteiger partial charge < -0.3 is 20.2 Å². The second-order valence-corrected chi connectivity index (χ2v) is 17.0. The summed E-state index contributed by atoms with van der Waals surface area (Å²) in [6.07, 6.45) is 3.63. The third-order valence-electron chi connectivity index (χ3n) is 6.76. The molecule has 0 aliphatic rings. The molecule has 9 heteroatoms. The van der Waals surface area contributed by atoms with Crippen LogP contribution in [0, 0.1) is 0 Å². The molecule has 0 aliphatic heterocycles. The van der Waals surface area contributed by atoms with Crippen LogP contribution in [0.25, 0.3) is 10.1 Å². The van der Waals surface area contributed by atoms with E-state index < -0.39 is 25.9 Å². The first-order chi connectivity index (χ1) is 16.7. The summed E-state index contributed by atoms with van der Waals surface area (Å²) in [4.78, 5) is 29.0. The Labute approximate surface area is 218 Å². The number of nitrogens with zero attached hydrogens (tertiary/aromatic N) is 1. The Hall–Kier alpha value is -2.91. The van der Waals surface area contributed by atoms with Gasteiger partial charge in [-0.3, -0.25) is 9.78 Å². The van der Waals surface area contributed by atoms with Crippen molar-refractivity contribution in [1.29, 1.82) is 0 Å². The van der Waals surface area contributed by atoms with E-state index in [1.807, 2.05) is 36.4 Å². The molecule has 0 saturated carbocycles. The molecule has 2 aromatic heterocycles. The van der Waals surface area contributed by atoms with E-state index in [0.717, 1.165) is 26.4 Å². The number of fused-ring (bicyclic) bond motifs is 1. The highest BCUT2D eigenvalue weighted by molar-refractivity contribution is 7.22. The van der Waals surface area contributed by atoms with Gasteiger partial charge in [0.05, 0.1) is 15.6 Å². The van der Waals surface area contributed by atoms with Crippen LogP contribution in [0.5, 0.6) is 5.75 Å². The van der Waals surface area contributed by atoms with Crippen LogP contribution >= 0.6 is 11.3 Å². The van der Waals surface area contributed by atoms with Gasteiger partial charge in [0.2, 0.25) is 14.2 Å². The summed E-state index contributed by atoms with van der Waals surface area (Å²) >= 11 is 1.49. The molecule has 0 saturated heterocycles. The second kappa shape index (κ2) is 10.6. The highest BCUT2D eigenvalue weighted by Crippen LogP contribution is 2.38.